The van der Waals surface area contributed by atoms with Gasteiger partial charge in [-0.3, -0.25) is 4.68 Å². The highest BCUT2D eigenvalue weighted by molar-refractivity contribution is 7.91. The van der Waals surface area contributed by atoms with E-state index in [2.05, 4.69) is 10.4 Å². The van der Waals surface area contributed by atoms with Crippen LogP contribution in [0.1, 0.15) is 24.6 Å². The highest BCUT2D eigenvalue weighted by atomic mass is 32.2. The Bertz CT molecular complexity index is 532. The van der Waals surface area contributed by atoms with Crippen molar-refractivity contribution in [1.29, 1.82) is 0 Å². The van der Waals surface area contributed by atoms with Crippen LogP contribution in [0.2, 0.25) is 0 Å². The number of ether oxygens (including phenoxy) is 1. The van der Waals surface area contributed by atoms with Crippen LogP contribution >= 0.6 is 0 Å². The van der Waals surface area contributed by atoms with Gasteiger partial charge in [0.05, 0.1) is 25.1 Å². The molecule has 0 aliphatic rings. The van der Waals surface area contributed by atoms with Gasteiger partial charge in [0.2, 0.25) is 0 Å². The Morgan fingerprint density at radius 3 is 2.76 bits per heavy atom. The lowest BCUT2D eigenvalue weighted by molar-refractivity contribution is 0.138. The van der Waals surface area contributed by atoms with Crippen LogP contribution in [0.3, 0.4) is 0 Å². The van der Waals surface area contributed by atoms with Gasteiger partial charge in [-0.1, -0.05) is 6.92 Å². The van der Waals surface area contributed by atoms with Crippen LogP contribution in [0.5, 0.6) is 0 Å². The lowest BCUT2D eigenvalue weighted by Crippen LogP contribution is -2.20. The van der Waals surface area contributed by atoms with Crippen LogP contribution in [0, 0.1) is 0 Å². The second kappa shape index (κ2) is 8.40. The van der Waals surface area contributed by atoms with Crippen molar-refractivity contribution in [2.75, 3.05) is 31.8 Å². The van der Waals surface area contributed by atoms with Crippen LogP contribution in [-0.4, -0.2) is 50.0 Å². The number of hydrogen-bond acceptors (Lipinski definition) is 5. The Labute approximate surface area is 123 Å². The monoisotopic (exact) mass is 325 g/mol. The van der Waals surface area contributed by atoms with E-state index in [9.17, 15) is 17.2 Å². The number of hydrogen-bond donors (Lipinski definition) is 1. The number of nitrogens with one attached hydrogen (secondary N) is 1. The zero-order chi connectivity index (χ0) is 15.9. The molecule has 21 heavy (non-hydrogen) atoms. The lowest BCUT2D eigenvalue weighted by Gasteiger charge is -2.09. The molecule has 9 heteroatoms. The maximum Gasteiger partial charge on any atom is 0.280 e. The highest BCUT2D eigenvalue weighted by Gasteiger charge is 2.20. The van der Waals surface area contributed by atoms with Crippen molar-refractivity contribution in [3.63, 3.8) is 0 Å². The van der Waals surface area contributed by atoms with Crippen LogP contribution in [0.25, 0.3) is 0 Å². The van der Waals surface area contributed by atoms with Gasteiger partial charge < -0.3 is 10.1 Å². The van der Waals surface area contributed by atoms with Crippen molar-refractivity contribution in [3.8, 4) is 0 Å². The van der Waals surface area contributed by atoms with E-state index in [0.29, 0.717) is 18.7 Å². The molecule has 1 rings (SSSR count). The molecule has 0 aliphatic heterocycles. The third kappa shape index (κ3) is 5.68. The molecule has 122 valence electrons. The number of halogens is 2. The molecule has 0 unspecified atom stereocenters. The first-order valence-electron chi connectivity index (χ1n) is 6.64. The summed E-state index contributed by atoms with van der Waals surface area (Å²) in [6.07, 6.45) is -1.35. The number of aromatic nitrogens is 2. The number of sulfone groups is 1. The SMILES string of the molecule is CCS(=O)(=O)CCn1ncc(CNCCOC)c1C(F)F. The van der Waals surface area contributed by atoms with Crippen molar-refractivity contribution in [1.82, 2.24) is 15.1 Å². The molecule has 0 spiro atoms. The summed E-state index contributed by atoms with van der Waals surface area (Å²) in [7, 11) is -1.66. The van der Waals surface area contributed by atoms with Gasteiger partial charge in [-0.25, -0.2) is 17.2 Å². The normalized spacial score (nSPS) is 12.2. The number of methoxy groups -OCH3 is 1. The zero-order valence-corrected chi connectivity index (χ0v) is 13.0. The molecule has 1 N–H and O–H groups in total. The van der Waals surface area contributed by atoms with Gasteiger partial charge in [-0.15, -0.1) is 0 Å². The van der Waals surface area contributed by atoms with E-state index in [1.165, 1.54) is 13.1 Å². The van der Waals surface area contributed by atoms with Crippen LogP contribution in [0.15, 0.2) is 6.20 Å². The van der Waals surface area contributed by atoms with Crippen LogP contribution in [0.4, 0.5) is 8.78 Å². The minimum Gasteiger partial charge on any atom is -0.383 e. The lowest BCUT2D eigenvalue weighted by atomic mass is 10.2. The summed E-state index contributed by atoms with van der Waals surface area (Å²) in [5.74, 6) is -0.203. The molecule has 0 aliphatic carbocycles. The van der Waals surface area contributed by atoms with Crippen molar-refractivity contribution >= 4 is 9.84 Å². The van der Waals surface area contributed by atoms with Crippen molar-refractivity contribution < 1.29 is 21.9 Å². The Kier molecular flexibility index (Phi) is 7.20. The Balaban J connectivity index is 2.74. The average Bonchev–Trinajstić information content (AvgIpc) is 2.85. The summed E-state index contributed by atoms with van der Waals surface area (Å²) in [5, 5.41) is 6.84. The third-order valence-electron chi connectivity index (χ3n) is 3.02. The molecule has 0 saturated carbocycles. The van der Waals surface area contributed by atoms with Gasteiger partial charge in [-0.2, -0.15) is 5.10 Å². The van der Waals surface area contributed by atoms with Crippen LogP contribution in [-0.2, 0) is 27.7 Å². The largest absolute Gasteiger partial charge is 0.383 e. The summed E-state index contributed by atoms with van der Waals surface area (Å²) in [4.78, 5) is 0. The molecular formula is C12H21F2N3O3S. The summed E-state index contributed by atoms with van der Waals surface area (Å²) in [6, 6.07) is 0. The fourth-order valence-corrected chi connectivity index (χ4v) is 2.51. The minimum atomic E-state index is -3.21. The molecular weight excluding hydrogens is 304 g/mol. The van der Waals surface area contributed by atoms with Gasteiger partial charge in [0, 0.05) is 31.5 Å². The standard InChI is InChI=1S/C12H21F2N3O3S/c1-3-21(18,19)7-5-17-11(12(13)14)10(9-16-17)8-15-4-6-20-2/h9,12,15H,3-8H2,1-2H3. The summed E-state index contributed by atoms with van der Waals surface area (Å²) < 4.78 is 55.1. The van der Waals surface area contributed by atoms with E-state index in [0.717, 1.165) is 4.68 Å². The molecule has 6 nitrogen and oxygen atoms in total. The second-order valence-corrected chi connectivity index (χ2v) is 6.96. The third-order valence-corrected chi connectivity index (χ3v) is 4.70. The molecule has 1 aromatic heterocycles. The van der Waals surface area contributed by atoms with Gasteiger partial charge in [0.1, 0.15) is 5.69 Å². The Morgan fingerprint density at radius 2 is 2.19 bits per heavy atom. The average molecular weight is 325 g/mol. The number of rotatable bonds is 10. The fraction of sp³-hybridized carbons (Fsp3) is 0.750. The first-order valence-corrected chi connectivity index (χ1v) is 8.46. The number of aryl methyl sites for hydroxylation is 1. The number of nitrogens with zero attached hydrogens (tertiary/aromatic N) is 2. The zero-order valence-electron chi connectivity index (χ0n) is 12.2. The predicted octanol–water partition coefficient (Wildman–Crippen LogP) is 0.991. The smallest absolute Gasteiger partial charge is 0.280 e. The predicted molar refractivity (Wildman–Crippen MR) is 75.1 cm³/mol. The quantitative estimate of drug-likeness (QED) is 0.650. The fourth-order valence-electron chi connectivity index (χ4n) is 1.77. The second-order valence-electron chi connectivity index (χ2n) is 4.48. The van der Waals surface area contributed by atoms with E-state index in [1.807, 2.05) is 0 Å². The van der Waals surface area contributed by atoms with E-state index in [-0.39, 0.29) is 30.3 Å². The van der Waals surface area contributed by atoms with E-state index >= 15 is 0 Å². The molecule has 0 aromatic carbocycles. The Hall–Kier alpha value is -1.06. The summed E-state index contributed by atoms with van der Waals surface area (Å²) in [6.45, 7) is 2.72. The summed E-state index contributed by atoms with van der Waals surface area (Å²) in [5.41, 5.74) is 0.140. The van der Waals surface area contributed by atoms with Gasteiger partial charge in [-0.05, 0) is 0 Å². The van der Waals surface area contributed by atoms with E-state index < -0.39 is 16.3 Å². The van der Waals surface area contributed by atoms with Crippen molar-refractivity contribution in [3.05, 3.63) is 17.5 Å². The van der Waals surface area contributed by atoms with Gasteiger partial charge >= 0.3 is 0 Å². The topological polar surface area (TPSA) is 73.2 Å². The van der Waals surface area contributed by atoms with E-state index in [1.54, 1.807) is 7.11 Å². The highest BCUT2D eigenvalue weighted by Crippen LogP contribution is 2.23. The minimum absolute atomic E-state index is 0.0102. The molecule has 0 atom stereocenters. The van der Waals surface area contributed by atoms with Crippen molar-refractivity contribution in [2.45, 2.75) is 26.4 Å². The molecule has 1 heterocycles. The molecule has 0 radical (unpaired) electrons. The molecule has 0 saturated heterocycles. The first kappa shape index (κ1) is 18.0. The summed E-state index contributed by atoms with van der Waals surface area (Å²) >= 11 is 0. The molecule has 1 aromatic rings. The maximum absolute atomic E-state index is 13.1. The first-order chi connectivity index (χ1) is 9.91. The molecule has 0 amide bonds. The number of alkyl halides is 2. The maximum atomic E-state index is 13.1. The van der Waals surface area contributed by atoms with Crippen LogP contribution < -0.4 is 5.32 Å². The molecule has 0 bridgehead atoms. The Morgan fingerprint density at radius 1 is 1.48 bits per heavy atom. The van der Waals surface area contributed by atoms with Crippen molar-refractivity contribution in [2.24, 2.45) is 0 Å². The van der Waals surface area contributed by atoms with Gasteiger partial charge in [0.25, 0.3) is 6.43 Å². The van der Waals surface area contributed by atoms with Gasteiger partial charge in [0.15, 0.2) is 9.84 Å². The molecule has 0 fully saturated rings. The van der Waals surface area contributed by atoms with E-state index in [4.69, 9.17) is 4.74 Å².